The maximum Gasteiger partial charge on any atom is 0.407 e. The van der Waals surface area contributed by atoms with Gasteiger partial charge in [0.25, 0.3) is 0 Å². The van der Waals surface area contributed by atoms with Crippen LogP contribution in [0, 0.1) is 0 Å². The zero-order chi connectivity index (χ0) is 27.5. The summed E-state index contributed by atoms with van der Waals surface area (Å²) in [6.45, 7) is 15.8. The minimum absolute atomic E-state index is 0. The van der Waals surface area contributed by atoms with E-state index < -0.39 is 46.1 Å². The molecule has 0 aromatic rings. The summed E-state index contributed by atoms with van der Waals surface area (Å²) in [4.78, 5) is 11.9. The Morgan fingerprint density at radius 1 is 0.722 bits per heavy atom. The minimum atomic E-state index is -3.31. The van der Waals surface area contributed by atoms with Crippen LogP contribution < -0.4 is 11.1 Å². The smallest absolute Gasteiger partial charge is 0.407 e. The van der Waals surface area contributed by atoms with Gasteiger partial charge >= 0.3 is 6.09 Å². The zero-order valence-electron chi connectivity index (χ0n) is 23.7. The van der Waals surface area contributed by atoms with E-state index in [1.807, 2.05) is 0 Å². The van der Waals surface area contributed by atoms with E-state index in [2.05, 4.69) is 5.32 Å². The van der Waals surface area contributed by atoms with Gasteiger partial charge < -0.3 is 15.8 Å². The first kappa shape index (κ1) is 35.4. The molecule has 0 bridgehead atoms. The van der Waals surface area contributed by atoms with E-state index in [9.17, 15) is 21.6 Å². The van der Waals surface area contributed by atoms with Crippen LogP contribution in [0.25, 0.3) is 0 Å². The number of nitrogens with one attached hydrogen (secondary N) is 1. The number of halogens is 1. The van der Waals surface area contributed by atoms with Gasteiger partial charge in [0, 0.05) is 12.1 Å². The van der Waals surface area contributed by atoms with Crippen LogP contribution >= 0.6 is 12.4 Å². The highest BCUT2D eigenvalue weighted by molar-refractivity contribution is 7.93. The average Bonchev–Trinajstić information content (AvgIpc) is 2.65. The molecule has 36 heavy (non-hydrogen) atoms. The molecule has 0 aromatic heterocycles. The molecule has 0 saturated heterocycles. The molecule has 2 fully saturated rings. The lowest BCUT2D eigenvalue weighted by Crippen LogP contribution is -2.53. The number of carbonyl (C=O) groups is 1. The van der Waals surface area contributed by atoms with Crippen molar-refractivity contribution in [3.8, 4) is 0 Å². The Hall–Kier alpha value is -0.580. The van der Waals surface area contributed by atoms with Crippen molar-refractivity contribution in [3.05, 3.63) is 0 Å². The van der Waals surface area contributed by atoms with Gasteiger partial charge in [-0.2, -0.15) is 0 Å². The largest absolute Gasteiger partial charge is 0.444 e. The topological polar surface area (TPSA) is 133 Å². The Labute approximate surface area is 226 Å². The number of hydrogen-bond acceptors (Lipinski definition) is 7. The maximum atomic E-state index is 12.7. The Bertz CT molecular complexity index is 916. The summed E-state index contributed by atoms with van der Waals surface area (Å²) in [7, 11) is -6.38. The standard InChI is InChI=1S/C15H29NO4S.C10H21NO2S.ClH/c1-14(2,3)20-13(17)16-11-9-7-8-10-12(11)21(18,19)15(4,5)6;1-10(2,3)14(12,13)9-7-5-4-6-8(9)11;/h11-12H,7-10H2,1-6H3,(H,16,17);8-9H,4-7,11H2,1-3H3;1H/t11-,12+;8-,9+;/m00./s1. The second-order valence-electron chi connectivity index (χ2n) is 12.9. The molecule has 3 N–H and O–H groups in total. The van der Waals surface area contributed by atoms with E-state index in [4.69, 9.17) is 10.5 Å². The number of hydrogen-bond donors (Lipinski definition) is 2. The molecule has 4 atom stereocenters. The summed E-state index contributed by atoms with van der Waals surface area (Å²) < 4.78 is 53.4. The second kappa shape index (κ2) is 13.0. The monoisotopic (exact) mass is 574 g/mol. The fourth-order valence-corrected chi connectivity index (χ4v) is 8.51. The van der Waals surface area contributed by atoms with Crippen LogP contribution in [0.2, 0.25) is 0 Å². The number of nitrogens with two attached hydrogens (primary N) is 1. The van der Waals surface area contributed by atoms with Crippen LogP contribution in [0.5, 0.6) is 0 Å². The fourth-order valence-electron chi connectivity index (χ4n) is 4.51. The zero-order valence-corrected chi connectivity index (χ0v) is 26.2. The normalized spacial score (nSPS) is 26.1. The molecule has 11 heteroatoms. The summed E-state index contributed by atoms with van der Waals surface area (Å²) in [5, 5.41) is 1.91. The molecule has 0 spiro atoms. The molecule has 216 valence electrons. The van der Waals surface area contributed by atoms with E-state index in [-0.39, 0.29) is 29.7 Å². The molecule has 0 aromatic carbocycles. The first-order valence-electron chi connectivity index (χ1n) is 12.8. The third-order valence-corrected chi connectivity index (χ3v) is 12.8. The number of alkyl carbamates (subject to hydrolysis) is 1. The SMILES string of the molecule is CC(C)(C)OC(=O)N[C@H]1CCCC[C@H]1S(=O)(=O)C(C)(C)C.CC(C)(C)S(=O)(=O)[C@@H]1CCCC[C@@H]1N.Cl. The van der Waals surface area contributed by atoms with Crippen LogP contribution in [0.4, 0.5) is 4.79 Å². The number of ether oxygens (including phenoxy) is 1. The molecule has 8 nitrogen and oxygen atoms in total. The Morgan fingerprint density at radius 3 is 1.53 bits per heavy atom. The maximum absolute atomic E-state index is 12.7. The third kappa shape index (κ3) is 9.62. The first-order chi connectivity index (χ1) is 15.6. The lowest BCUT2D eigenvalue weighted by molar-refractivity contribution is 0.0494. The molecular formula is C25H51ClN2O6S2. The van der Waals surface area contributed by atoms with Crippen molar-refractivity contribution >= 4 is 38.2 Å². The minimum Gasteiger partial charge on any atom is -0.444 e. The average molecular weight is 575 g/mol. The van der Waals surface area contributed by atoms with Crippen molar-refractivity contribution in [1.29, 1.82) is 0 Å². The first-order valence-corrected chi connectivity index (χ1v) is 15.9. The number of sulfone groups is 2. The van der Waals surface area contributed by atoms with Crippen LogP contribution in [-0.2, 0) is 24.4 Å². The molecule has 0 radical (unpaired) electrons. The van der Waals surface area contributed by atoms with E-state index in [0.29, 0.717) is 12.8 Å². The molecule has 2 saturated carbocycles. The molecule has 2 rings (SSSR count). The van der Waals surface area contributed by atoms with Crippen molar-refractivity contribution in [3.63, 3.8) is 0 Å². The van der Waals surface area contributed by atoms with E-state index in [1.54, 1.807) is 62.3 Å². The summed E-state index contributed by atoms with van der Waals surface area (Å²) in [5.74, 6) is 0. The van der Waals surface area contributed by atoms with Crippen molar-refractivity contribution < 1.29 is 26.4 Å². The lowest BCUT2D eigenvalue weighted by Gasteiger charge is -2.36. The van der Waals surface area contributed by atoms with Gasteiger partial charge in [-0.3, -0.25) is 0 Å². The summed E-state index contributed by atoms with van der Waals surface area (Å²) in [5.41, 5.74) is 5.30. The van der Waals surface area contributed by atoms with Crippen LogP contribution in [0.3, 0.4) is 0 Å². The van der Waals surface area contributed by atoms with Crippen LogP contribution in [-0.4, -0.2) is 60.6 Å². The van der Waals surface area contributed by atoms with Gasteiger partial charge in [0.05, 0.1) is 20.0 Å². The molecule has 2 aliphatic rings. The van der Waals surface area contributed by atoms with Gasteiger partial charge in [0.15, 0.2) is 19.7 Å². The van der Waals surface area contributed by atoms with Crippen LogP contribution in [0.15, 0.2) is 0 Å². The van der Waals surface area contributed by atoms with Gasteiger partial charge in [-0.05, 0) is 88.0 Å². The summed E-state index contributed by atoms with van der Waals surface area (Å²) in [6, 6.07) is -0.522. The highest BCUT2D eigenvalue weighted by atomic mass is 35.5. The number of carbonyl (C=O) groups excluding carboxylic acids is 1. The molecule has 1 amide bonds. The highest BCUT2D eigenvalue weighted by Gasteiger charge is 2.43. The molecule has 0 heterocycles. The van der Waals surface area contributed by atoms with Gasteiger partial charge in [-0.15, -0.1) is 12.4 Å². The molecule has 0 aliphatic heterocycles. The summed E-state index contributed by atoms with van der Waals surface area (Å²) >= 11 is 0. The van der Waals surface area contributed by atoms with Crippen molar-refractivity contribution in [2.75, 3.05) is 0 Å². The Morgan fingerprint density at radius 2 is 1.11 bits per heavy atom. The van der Waals surface area contributed by atoms with E-state index in [0.717, 1.165) is 38.5 Å². The molecule has 0 unspecified atom stereocenters. The predicted octanol–water partition coefficient (Wildman–Crippen LogP) is 4.93. The number of amides is 1. The Kier molecular flexibility index (Phi) is 12.8. The van der Waals surface area contributed by atoms with Gasteiger partial charge in [-0.1, -0.05) is 25.7 Å². The third-order valence-electron chi connectivity index (χ3n) is 6.66. The van der Waals surface area contributed by atoms with Crippen molar-refractivity contribution in [1.82, 2.24) is 5.32 Å². The quantitative estimate of drug-likeness (QED) is 0.488. The highest BCUT2D eigenvalue weighted by Crippen LogP contribution is 2.32. The van der Waals surface area contributed by atoms with Crippen LogP contribution in [0.1, 0.15) is 114 Å². The van der Waals surface area contributed by atoms with E-state index in [1.165, 1.54) is 0 Å². The van der Waals surface area contributed by atoms with Gasteiger partial charge in [0.2, 0.25) is 0 Å². The van der Waals surface area contributed by atoms with Gasteiger partial charge in [-0.25, -0.2) is 21.6 Å². The molecule has 2 aliphatic carbocycles. The summed E-state index contributed by atoms with van der Waals surface area (Å²) in [6.07, 6.45) is 6.19. The fraction of sp³-hybridized carbons (Fsp3) is 0.960. The lowest BCUT2D eigenvalue weighted by atomic mass is 9.95. The predicted molar refractivity (Wildman–Crippen MR) is 150 cm³/mol. The second-order valence-corrected chi connectivity index (χ2v) is 18.7. The number of rotatable bonds is 3. The molecular weight excluding hydrogens is 524 g/mol. The Balaban J connectivity index is 0.000000713. The van der Waals surface area contributed by atoms with Gasteiger partial charge in [0.1, 0.15) is 5.60 Å². The van der Waals surface area contributed by atoms with Crippen molar-refractivity contribution in [2.24, 2.45) is 5.73 Å². The van der Waals surface area contributed by atoms with Crippen molar-refractivity contribution in [2.45, 2.75) is 151 Å². The van der Waals surface area contributed by atoms with E-state index >= 15 is 0 Å².